The van der Waals surface area contributed by atoms with E-state index in [0.29, 0.717) is 12.1 Å². The first-order valence-corrected chi connectivity index (χ1v) is 8.20. The minimum Gasteiger partial charge on any atom is -0.378 e. The van der Waals surface area contributed by atoms with E-state index in [9.17, 15) is 4.79 Å². The Balaban J connectivity index is 2.03. The molecule has 0 saturated heterocycles. The molecule has 20 heavy (non-hydrogen) atoms. The van der Waals surface area contributed by atoms with Gasteiger partial charge < -0.3 is 15.4 Å². The topological polar surface area (TPSA) is 55.6 Å². The van der Waals surface area contributed by atoms with Crippen LogP contribution in [0.25, 0.3) is 0 Å². The van der Waals surface area contributed by atoms with Crippen LogP contribution in [0.15, 0.2) is 0 Å². The first-order valence-electron chi connectivity index (χ1n) is 8.20. The lowest BCUT2D eigenvalue weighted by Crippen LogP contribution is -2.65. The molecule has 0 aromatic rings. The normalized spacial score (nSPS) is 29.2. The zero-order valence-corrected chi connectivity index (χ0v) is 13.2. The Morgan fingerprint density at radius 1 is 1.40 bits per heavy atom. The Morgan fingerprint density at radius 2 is 2.05 bits per heavy atom. The van der Waals surface area contributed by atoms with Crippen LogP contribution in [0.5, 0.6) is 0 Å². The van der Waals surface area contributed by atoms with Crippen molar-refractivity contribution in [1.82, 2.24) is 4.90 Å². The molecule has 0 heterocycles. The highest BCUT2D eigenvalue weighted by atomic mass is 16.5. The van der Waals surface area contributed by atoms with E-state index in [-0.39, 0.29) is 17.4 Å². The van der Waals surface area contributed by atoms with Gasteiger partial charge in [-0.2, -0.15) is 0 Å². The van der Waals surface area contributed by atoms with Gasteiger partial charge in [0.1, 0.15) is 0 Å². The lowest BCUT2D eigenvalue weighted by Gasteiger charge is -2.57. The number of nitrogens with two attached hydrogens (primary N) is 1. The molecule has 116 valence electrons. The maximum Gasteiger partial charge on any atom is 0.239 e. The number of hydrogen-bond donors (Lipinski definition) is 1. The summed E-state index contributed by atoms with van der Waals surface area (Å²) in [5.41, 5.74) is 6.22. The highest BCUT2D eigenvalue weighted by Gasteiger charge is 2.58. The molecule has 2 rings (SSSR count). The number of ether oxygens (including phenoxy) is 1. The van der Waals surface area contributed by atoms with E-state index >= 15 is 0 Å². The fraction of sp³-hybridized carbons (Fsp3) is 0.938. The Hall–Kier alpha value is -0.610. The minimum atomic E-state index is -0.338. The predicted octanol–water partition coefficient (Wildman–Crippen LogP) is 2.31. The van der Waals surface area contributed by atoms with Crippen LogP contribution in [-0.2, 0) is 9.53 Å². The summed E-state index contributed by atoms with van der Waals surface area (Å²) < 4.78 is 5.91. The monoisotopic (exact) mass is 282 g/mol. The average Bonchev–Trinajstić information content (AvgIpc) is 2.94. The van der Waals surface area contributed by atoms with Crippen molar-refractivity contribution in [3.63, 3.8) is 0 Å². The van der Waals surface area contributed by atoms with Gasteiger partial charge in [-0.1, -0.05) is 26.2 Å². The van der Waals surface area contributed by atoms with Gasteiger partial charge in [0.25, 0.3) is 0 Å². The summed E-state index contributed by atoms with van der Waals surface area (Å²) in [4.78, 5) is 14.4. The fourth-order valence-corrected chi connectivity index (χ4v) is 4.24. The summed E-state index contributed by atoms with van der Waals surface area (Å²) in [5, 5.41) is 0. The second-order valence-corrected chi connectivity index (χ2v) is 6.48. The molecule has 1 amide bonds. The van der Waals surface area contributed by atoms with Gasteiger partial charge >= 0.3 is 0 Å². The summed E-state index contributed by atoms with van der Waals surface area (Å²) in [6.07, 6.45) is 7.99. The maximum absolute atomic E-state index is 12.4. The average molecular weight is 282 g/mol. The lowest BCUT2D eigenvalue weighted by molar-refractivity contribution is -0.173. The molecule has 3 unspecified atom stereocenters. The SMILES string of the molecule is CCCC(N)C(=O)N(C)C1CC(OCC)C12CCCC2. The molecule has 2 aliphatic carbocycles. The summed E-state index contributed by atoms with van der Waals surface area (Å²) in [6.45, 7) is 4.90. The Labute approximate surface area is 123 Å². The molecular weight excluding hydrogens is 252 g/mol. The van der Waals surface area contributed by atoms with E-state index in [0.717, 1.165) is 25.9 Å². The van der Waals surface area contributed by atoms with Crippen molar-refractivity contribution in [2.24, 2.45) is 11.1 Å². The number of likely N-dealkylation sites (N-methyl/N-ethyl adjacent to an activating group) is 1. The summed E-state index contributed by atoms with van der Waals surface area (Å²) >= 11 is 0. The van der Waals surface area contributed by atoms with Crippen LogP contribution >= 0.6 is 0 Å². The lowest BCUT2D eigenvalue weighted by atomic mass is 9.60. The number of carbonyl (C=O) groups is 1. The van der Waals surface area contributed by atoms with Gasteiger partial charge in [-0.15, -0.1) is 0 Å². The molecule has 4 nitrogen and oxygen atoms in total. The van der Waals surface area contributed by atoms with Crippen molar-refractivity contribution in [3.8, 4) is 0 Å². The highest BCUT2D eigenvalue weighted by Crippen LogP contribution is 2.56. The Kier molecular flexibility index (Phi) is 5.08. The third-order valence-electron chi connectivity index (χ3n) is 5.38. The maximum atomic E-state index is 12.4. The van der Waals surface area contributed by atoms with E-state index < -0.39 is 0 Å². The van der Waals surface area contributed by atoms with Crippen LogP contribution in [0, 0.1) is 5.41 Å². The van der Waals surface area contributed by atoms with Crippen molar-refractivity contribution < 1.29 is 9.53 Å². The predicted molar refractivity (Wildman–Crippen MR) is 80.4 cm³/mol. The van der Waals surface area contributed by atoms with Crippen LogP contribution in [0.1, 0.15) is 58.8 Å². The third kappa shape index (κ3) is 2.60. The molecule has 0 bridgehead atoms. The third-order valence-corrected chi connectivity index (χ3v) is 5.38. The van der Waals surface area contributed by atoms with Crippen molar-refractivity contribution in [2.45, 2.75) is 77.0 Å². The van der Waals surface area contributed by atoms with Crippen molar-refractivity contribution in [3.05, 3.63) is 0 Å². The molecular formula is C16H30N2O2. The largest absolute Gasteiger partial charge is 0.378 e. The van der Waals surface area contributed by atoms with Gasteiger partial charge in [0.15, 0.2) is 0 Å². The first-order chi connectivity index (χ1) is 9.56. The van der Waals surface area contributed by atoms with Crippen molar-refractivity contribution in [1.29, 1.82) is 0 Å². The minimum absolute atomic E-state index is 0.109. The molecule has 0 aromatic heterocycles. The molecule has 0 aliphatic heterocycles. The van der Waals surface area contributed by atoms with Crippen LogP contribution in [0.2, 0.25) is 0 Å². The first kappa shape index (κ1) is 15.8. The van der Waals surface area contributed by atoms with Gasteiger partial charge in [0, 0.05) is 25.1 Å². The number of hydrogen-bond acceptors (Lipinski definition) is 3. The quantitative estimate of drug-likeness (QED) is 0.813. The van der Waals surface area contributed by atoms with Crippen molar-refractivity contribution in [2.75, 3.05) is 13.7 Å². The molecule has 2 N–H and O–H groups in total. The number of amides is 1. The number of carbonyl (C=O) groups excluding carboxylic acids is 1. The standard InChI is InChI=1S/C16H30N2O2/c1-4-8-12(17)15(19)18(3)13-11-14(20-5-2)16(13)9-6-7-10-16/h12-14H,4-11,17H2,1-3H3. The van der Waals surface area contributed by atoms with E-state index in [1.54, 1.807) is 0 Å². The number of nitrogens with zero attached hydrogens (tertiary/aromatic N) is 1. The van der Waals surface area contributed by atoms with Gasteiger partial charge in [-0.3, -0.25) is 4.79 Å². The van der Waals surface area contributed by atoms with Crippen LogP contribution in [0.3, 0.4) is 0 Å². The zero-order chi connectivity index (χ0) is 14.8. The fourth-order valence-electron chi connectivity index (χ4n) is 4.24. The van der Waals surface area contributed by atoms with Gasteiger partial charge in [-0.25, -0.2) is 0 Å². The molecule has 2 fully saturated rings. The van der Waals surface area contributed by atoms with Crippen LogP contribution in [-0.4, -0.2) is 42.6 Å². The van der Waals surface area contributed by atoms with Crippen LogP contribution < -0.4 is 5.73 Å². The van der Waals surface area contributed by atoms with E-state index in [4.69, 9.17) is 10.5 Å². The van der Waals surface area contributed by atoms with Crippen molar-refractivity contribution >= 4 is 5.91 Å². The van der Waals surface area contributed by atoms with E-state index in [2.05, 4.69) is 13.8 Å². The van der Waals surface area contributed by atoms with E-state index in [1.807, 2.05) is 11.9 Å². The van der Waals surface area contributed by atoms with Gasteiger partial charge in [0.05, 0.1) is 12.1 Å². The summed E-state index contributed by atoms with van der Waals surface area (Å²) in [5.74, 6) is 0.109. The molecule has 0 radical (unpaired) electrons. The second kappa shape index (κ2) is 6.44. The summed E-state index contributed by atoms with van der Waals surface area (Å²) in [6, 6.07) is -0.00782. The smallest absolute Gasteiger partial charge is 0.239 e. The van der Waals surface area contributed by atoms with Gasteiger partial charge in [-0.05, 0) is 32.6 Å². The second-order valence-electron chi connectivity index (χ2n) is 6.48. The molecule has 3 atom stereocenters. The highest BCUT2D eigenvalue weighted by molar-refractivity contribution is 5.81. The van der Waals surface area contributed by atoms with Crippen LogP contribution in [0.4, 0.5) is 0 Å². The molecule has 4 heteroatoms. The number of rotatable bonds is 6. The molecule has 2 saturated carbocycles. The van der Waals surface area contributed by atoms with E-state index in [1.165, 1.54) is 25.7 Å². The Morgan fingerprint density at radius 3 is 2.60 bits per heavy atom. The summed E-state index contributed by atoms with van der Waals surface area (Å²) in [7, 11) is 1.94. The zero-order valence-electron chi connectivity index (χ0n) is 13.2. The molecule has 2 aliphatic rings. The Bertz CT molecular complexity index is 339. The molecule has 0 aromatic carbocycles. The van der Waals surface area contributed by atoms with Gasteiger partial charge in [0.2, 0.25) is 5.91 Å². The molecule has 1 spiro atoms.